The molecule has 0 saturated carbocycles. The van der Waals surface area contributed by atoms with Gasteiger partial charge in [-0.1, -0.05) is 0 Å². The summed E-state index contributed by atoms with van der Waals surface area (Å²) in [6.07, 6.45) is -3.08. The van der Waals surface area contributed by atoms with Crippen molar-refractivity contribution in [1.82, 2.24) is 19.5 Å². The fourth-order valence-corrected chi connectivity index (χ4v) is 3.12. The Morgan fingerprint density at radius 3 is 2.76 bits per heavy atom. The molecule has 4 N–H and O–H groups in total. The molecule has 1 aliphatic heterocycles. The van der Waals surface area contributed by atoms with E-state index in [0.29, 0.717) is 22.8 Å². The highest BCUT2D eigenvalue weighted by Crippen LogP contribution is 2.39. The minimum Gasteiger partial charge on any atom is -0.387 e. The average Bonchev–Trinajstić information content (AvgIpc) is 3.06. The normalized spacial score (nSPS) is 29.0. The van der Waals surface area contributed by atoms with E-state index >= 15 is 0 Å². The van der Waals surface area contributed by atoms with E-state index in [2.05, 4.69) is 20.3 Å². The molecule has 0 aromatic carbocycles. The van der Waals surface area contributed by atoms with Crippen LogP contribution in [-0.2, 0) is 13.8 Å². The van der Waals surface area contributed by atoms with Gasteiger partial charge in [0.1, 0.15) is 24.1 Å². The molecule has 1 aliphatic rings. The molecule has 12 heteroatoms. The van der Waals surface area contributed by atoms with Crippen molar-refractivity contribution >= 4 is 24.6 Å². The van der Waals surface area contributed by atoms with Crippen molar-refractivity contribution in [3.8, 4) is 0 Å². The Morgan fingerprint density at radius 1 is 1.40 bits per heavy atom. The summed E-state index contributed by atoms with van der Waals surface area (Å²) in [5, 5.41) is 23.4. The molecule has 2 aromatic heterocycles. The molecular formula is C13H20N5O6P. The van der Waals surface area contributed by atoms with Crippen molar-refractivity contribution in [3.05, 3.63) is 12.2 Å². The van der Waals surface area contributed by atoms with Crippen molar-refractivity contribution in [2.75, 3.05) is 25.6 Å². The number of anilines is 1. The van der Waals surface area contributed by atoms with E-state index in [0.717, 1.165) is 6.66 Å². The summed E-state index contributed by atoms with van der Waals surface area (Å²) in [6.45, 7) is 2.42. The largest absolute Gasteiger partial charge is 0.387 e. The zero-order chi connectivity index (χ0) is 18.4. The zero-order valence-electron chi connectivity index (χ0n) is 13.9. The standard InChI is InChI=1S/C13H20N5O6P/c1-6-16-11(14-2)8-12(17-6)18(5-15-8)13-10(20)9(19)7(24-13)4-23-25(3,21)22/h5,7,9-10,13,19-20H,4H2,1-3H3,(H,21,22)(H,14,16,17)/t7-,9-,10-,13-/m1/s1. The van der Waals surface area contributed by atoms with Gasteiger partial charge in [-0.2, -0.15) is 0 Å². The van der Waals surface area contributed by atoms with Gasteiger partial charge in [0.05, 0.1) is 12.9 Å². The summed E-state index contributed by atoms with van der Waals surface area (Å²) >= 11 is 0. The Kier molecular flexibility index (Phi) is 4.80. The Labute approximate surface area is 143 Å². The van der Waals surface area contributed by atoms with Crippen molar-refractivity contribution < 1.29 is 28.9 Å². The summed E-state index contributed by atoms with van der Waals surface area (Å²) in [5.74, 6) is 1.03. The third-order valence-corrected chi connectivity index (χ3v) is 4.49. The van der Waals surface area contributed by atoms with Crippen molar-refractivity contribution in [1.29, 1.82) is 0 Å². The van der Waals surface area contributed by atoms with Gasteiger partial charge in [0.15, 0.2) is 23.2 Å². The number of fused-ring (bicyclic) bond motifs is 1. The predicted molar refractivity (Wildman–Crippen MR) is 87.2 cm³/mol. The lowest BCUT2D eigenvalue weighted by molar-refractivity contribution is -0.0483. The minimum atomic E-state index is -3.72. The van der Waals surface area contributed by atoms with Crippen molar-refractivity contribution in [2.24, 2.45) is 0 Å². The van der Waals surface area contributed by atoms with E-state index in [1.807, 2.05) is 0 Å². The van der Waals surface area contributed by atoms with Crippen LogP contribution in [0.25, 0.3) is 11.2 Å². The van der Waals surface area contributed by atoms with Crippen LogP contribution in [0.4, 0.5) is 5.82 Å². The summed E-state index contributed by atoms with van der Waals surface area (Å²) in [5.41, 5.74) is 0.921. The number of aryl methyl sites for hydroxylation is 1. The van der Waals surface area contributed by atoms with Crippen LogP contribution < -0.4 is 5.32 Å². The van der Waals surface area contributed by atoms with Crippen LogP contribution in [0.3, 0.4) is 0 Å². The molecule has 1 saturated heterocycles. The molecule has 2 aromatic rings. The molecule has 0 bridgehead atoms. The van der Waals surface area contributed by atoms with Crippen LogP contribution >= 0.6 is 7.60 Å². The maximum absolute atomic E-state index is 11.2. The van der Waals surface area contributed by atoms with Crippen LogP contribution in [0.2, 0.25) is 0 Å². The molecule has 0 spiro atoms. The third-order valence-electron chi connectivity index (χ3n) is 3.86. The van der Waals surface area contributed by atoms with Gasteiger partial charge in [-0.25, -0.2) is 15.0 Å². The Morgan fingerprint density at radius 2 is 2.12 bits per heavy atom. The molecule has 5 atom stereocenters. The number of ether oxygens (including phenoxy) is 1. The smallest absolute Gasteiger partial charge is 0.325 e. The number of aliphatic hydroxyl groups is 2. The fraction of sp³-hybridized carbons (Fsp3) is 0.615. The topological polar surface area (TPSA) is 152 Å². The monoisotopic (exact) mass is 373 g/mol. The minimum absolute atomic E-state index is 0.332. The summed E-state index contributed by atoms with van der Waals surface area (Å²) < 4.78 is 23.2. The van der Waals surface area contributed by atoms with Crippen molar-refractivity contribution in [3.63, 3.8) is 0 Å². The maximum atomic E-state index is 11.2. The second-order valence-electron chi connectivity index (χ2n) is 5.84. The molecule has 0 aliphatic carbocycles. The van der Waals surface area contributed by atoms with E-state index < -0.39 is 32.1 Å². The van der Waals surface area contributed by atoms with Gasteiger partial charge in [0.2, 0.25) is 0 Å². The predicted octanol–water partition coefficient (Wildman–Crippen LogP) is -0.373. The molecule has 11 nitrogen and oxygen atoms in total. The lowest BCUT2D eigenvalue weighted by atomic mass is 10.1. The Bertz CT molecular complexity index is 823. The van der Waals surface area contributed by atoms with E-state index in [9.17, 15) is 19.7 Å². The number of imidazole rings is 1. The highest BCUT2D eigenvalue weighted by Gasteiger charge is 2.45. The lowest BCUT2D eigenvalue weighted by Gasteiger charge is -2.17. The molecule has 1 unspecified atom stereocenters. The molecule has 25 heavy (non-hydrogen) atoms. The average molecular weight is 373 g/mol. The summed E-state index contributed by atoms with van der Waals surface area (Å²) in [6, 6.07) is 0. The van der Waals surface area contributed by atoms with Gasteiger partial charge in [0, 0.05) is 13.7 Å². The number of hydrogen-bond donors (Lipinski definition) is 4. The van der Waals surface area contributed by atoms with Gasteiger partial charge in [-0.15, -0.1) is 0 Å². The van der Waals surface area contributed by atoms with Crippen LogP contribution in [0.5, 0.6) is 0 Å². The molecule has 138 valence electrons. The fourth-order valence-electron chi connectivity index (χ4n) is 2.69. The van der Waals surface area contributed by atoms with Gasteiger partial charge in [0.25, 0.3) is 0 Å². The second-order valence-corrected chi connectivity index (χ2v) is 7.70. The third kappa shape index (κ3) is 3.52. The molecular weight excluding hydrogens is 353 g/mol. The molecule has 3 rings (SSSR count). The molecule has 0 radical (unpaired) electrons. The van der Waals surface area contributed by atoms with Crippen LogP contribution in [-0.4, -0.2) is 73.3 Å². The first-order valence-corrected chi connectivity index (χ1v) is 9.59. The number of hydrogen-bond acceptors (Lipinski definition) is 9. The first kappa shape index (κ1) is 18.2. The van der Waals surface area contributed by atoms with E-state index in [1.54, 1.807) is 14.0 Å². The van der Waals surface area contributed by atoms with Gasteiger partial charge < -0.3 is 29.7 Å². The summed E-state index contributed by atoms with van der Waals surface area (Å²) in [7, 11) is -2.02. The number of rotatable bonds is 5. The second kappa shape index (κ2) is 6.60. The van der Waals surface area contributed by atoms with Crippen molar-refractivity contribution in [2.45, 2.75) is 31.5 Å². The number of nitrogens with zero attached hydrogens (tertiary/aromatic N) is 4. The van der Waals surface area contributed by atoms with Crippen LogP contribution in [0, 0.1) is 6.92 Å². The van der Waals surface area contributed by atoms with Gasteiger partial charge in [-0.05, 0) is 6.92 Å². The number of aliphatic hydroxyl groups excluding tert-OH is 2. The van der Waals surface area contributed by atoms with E-state index in [-0.39, 0.29) is 6.61 Å². The lowest BCUT2D eigenvalue weighted by Crippen LogP contribution is -2.33. The molecule has 0 amide bonds. The van der Waals surface area contributed by atoms with E-state index in [1.165, 1.54) is 10.9 Å². The maximum Gasteiger partial charge on any atom is 0.325 e. The molecule has 3 heterocycles. The van der Waals surface area contributed by atoms with E-state index in [4.69, 9.17) is 9.26 Å². The highest BCUT2D eigenvalue weighted by atomic mass is 31.2. The first-order chi connectivity index (χ1) is 11.7. The summed E-state index contributed by atoms with van der Waals surface area (Å²) in [4.78, 5) is 22.0. The number of nitrogens with one attached hydrogen (secondary N) is 1. The Hall–Kier alpha value is -1.62. The van der Waals surface area contributed by atoms with Gasteiger partial charge in [-0.3, -0.25) is 9.13 Å². The highest BCUT2D eigenvalue weighted by molar-refractivity contribution is 7.51. The van der Waals surface area contributed by atoms with Gasteiger partial charge >= 0.3 is 7.60 Å². The van der Waals surface area contributed by atoms with Crippen LogP contribution in [0.15, 0.2) is 6.33 Å². The van der Waals surface area contributed by atoms with Crippen LogP contribution in [0.1, 0.15) is 12.1 Å². The quantitative estimate of drug-likeness (QED) is 0.511. The SMILES string of the molecule is CNc1nc(C)nc2c1ncn2[C@@H]1O[C@H](COP(C)(=O)O)[C@@H](O)[C@H]1O. The first-order valence-electron chi connectivity index (χ1n) is 7.56. The molecule has 1 fully saturated rings. The zero-order valence-corrected chi connectivity index (χ0v) is 14.8. The number of aromatic nitrogens is 4. The Balaban J connectivity index is 1.90.